The van der Waals surface area contributed by atoms with Gasteiger partial charge in [-0.1, -0.05) is 12.1 Å². The van der Waals surface area contributed by atoms with Gasteiger partial charge in [-0.3, -0.25) is 9.79 Å². The maximum atomic E-state index is 12.3. The van der Waals surface area contributed by atoms with Crippen LogP contribution in [0.4, 0.5) is 5.69 Å². The van der Waals surface area contributed by atoms with Crippen molar-refractivity contribution in [2.75, 3.05) is 45.3 Å². The number of hydrogen-bond acceptors (Lipinski definition) is 5. The molecule has 3 aliphatic heterocycles. The lowest BCUT2D eigenvalue weighted by atomic mass is 10.1. The molecule has 8 heteroatoms. The number of carbonyl (C=O) groups is 1. The molecule has 1 amide bonds. The first-order chi connectivity index (χ1) is 14.7. The number of benzene rings is 1. The lowest BCUT2D eigenvalue weighted by Crippen LogP contribution is -2.53. The molecule has 3 fully saturated rings. The van der Waals surface area contributed by atoms with Crippen molar-refractivity contribution in [2.24, 2.45) is 4.99 Å². The van der Waals surface area contributed by atoms with Gasteiger partial charge in [-0.2, -0.15) is 0 Å². The quantitative estimate of drug-likeness (QED) is 0.562. The van der Waals surface area contributed by atoms with Gasteiger partial charge in [0.2, 0.25) is 0 Å². The number of anilines is 1. The number of hydrogen-bond donors (Lipinski definition) is 2. The summed E-state index contributed by atoms with van der Waals surface area (Å²) in [6.07, 6.45) is 3.85. The topological polar surface area (TPSA) is 84.4 Å². The molecule has 3 atom stereocenters. The number of amides is 1. The van der Waals surface area contributed by atoms with Crippen LogP contribution in [0.25, 0.3) is 0 Å². The average molecular weight is 417 g/mol. The van der Waals surface area contributed by atoms with E-state index < -0.39 is 0 Å². The van der Waals surface area contributed by atoms with Gasteiger partial charge in [-0.25, -0.2) is 0 Å². The molecule has 0 aromatic heterocycles. The van der Waals surface area contributed by atoms with Crippen LogP contribution in [0.3, 0.4) is 0 Å². The molecule has 8 nitrogen and oxygen atoms in total. The molecule has 1 aromatic carbocycles. The fourth-order valence-corrected chi connectivity index (χ4v) is 4.27. The second kappa shape index (κ2) is 10.2. The molecule has 2 N–H and O–H groups in total. The van der Waals surface area contributed by atoms with E-state index >= 15 is 0 Å². The average Bonchev–Trinajstić information content (AvgIpc) is 3.49. The summed E-state index contributed by atoms with van der Waals surface area (Å²) >= 11 is 0. The van der Waals surface area contributed by atoms with Gasteiger partial charge in [0.15, 0.2) is 5.96 Å². The van der Waals surface area contributed by atoms with Crippen molar-refractivity contribution in [2.45, 2.75) is 50.5 Å². The molecule has 0 bridgehead atoms. The molecule has 3 aliphatic rings. The predicted molar refractivity (Wildman–Crippen MR) is 115 cm³/mol. The summed E-state index contributed by atoms with van der Waals surface area (Å²) in [6.45, 7) is 4.38. The van der Waals surface area contributed by atoms with E-state index in [1.807, 2.05) is 24.3 Å². The number of rotatable bonds is 5. The van der Waals surface area contributed by atoms with Crippen molar-refractivity contribution in [1.29, 1.82) is 0 Å². The highest BCUT2D eigenvalue weighted by atomic mass is 16.5. The summed E-state index contributed by atoms with van der Waals surface area (Å²) in [7, 11) is 1.80. The highest BCUT2D eigenvalue weighted by Crippen LogP contribution is 2.21. The van der Waals surface area contributed by atoms with Crippen molar-refractivity contribution < 1.29 is 19.0 Å². The van der Waals surface area contributed by atoms with Gasteiger partial charge in [0.05, 0.1) is 12.7 Å². The van der Waals surface area contributed by atoms with Gasteiger partial charge in [-0.15, -0.1) is 0 Å². The molecule has 1 aromatic rings. The van der Waals surface area contributed by atoms with Crippen LogP contribution in [0.5, 0.6) is 0 Å². The van der Waals surface area contributed by atoms with Gasteiger partial charge in [0.1, 0.15) is 12.2 Å². The van der Waals surface area contributed by atoms with Crippen LogP contribution in [0.2, 0.25) is 0 Å². The fraction of sp³-hybridized carbons (Fsp3) is 0.636. The Morgan fingerprint density at radius 3 is 2.73 bits per heavy atom. The molecule has 3 unspecified atom stereocenters. The number of ether oxygens (including phenoxy) is 3. The molecule has 3 saturated heterocycles. The number of aliphatic imine (C=N–C) groups is 1. The standard InChI is InChI=1S/C22H32N4O4/c1-23-22(26-9-12-30-20(15-26)18-7-3-10-28-18)24-14-16-5-2-6-17(13-16)25-21(27)19-8-4-11-29-19/h2,5-6,13,18-20H,3-4,7-12,14-15H2,1H3,(H,23,24)(H,25,27). The lowest BCUT2D eigenvalue weighted by molar-refractivity contribution is -0.124. The normalized spacial score (nSPS) is 27.3. The SMILES string of the molecule is CN=C(NCc1cccc(NC(=O)C2CCCO2)c1)N1CCOC(C2CCCO2)C1. The maximum Gasteiger partial charge on any atom is 0.253 e. The molecule has 0 radical (unpaired) electrons. The van der Waals surface area contributed by atoms with Crippen molar-refractivity contribution in [1.82, 2.24) is 10.2 Å². The molecular formula is C22H32N4O4. The van der Waals surface area contributed by atoms with Gasteiger partial charge in [-0.05, 0) is 43.4 Å². The van der Waals surface area contributed by atoms with Gasteiger partial charge in [0.25, 0.3) is 5.91 Å². The highest BCUT2D eigenvalue weighted by molar-refractivity contribution is 5.94. The fourth-order valence-electron chi connectivity index (χ4n) is 4.27. The molecule has 30 heavy (non-hydrogen) atoms. The molecule has 0 aliphatic carbocycles. The van der Waals surface area contributed by atoms with E-state index in [1.165, 1.54) is 0 Å². The van der Waals surface area contributed by atoms with E-state index in [4.69, 9.17) is 14.2 Å². The van der Waals surface area contributed by atoms with Crippen LogP contribution in [-0.4, -0.2) is 75.0 Å². The summed E-state index contributed by atoms with van der Waals surface area (Å²) in [4.78, 5) is 19.0. The molecule has 0 spiro atoms. The minimum absolute atomic E-state index is 0.0677. The van der Waals surface area contributed by atoms with E-state index in [9.17, 15) is 4.79 Å². The van der Waals surface area contributed by atoms with Crippen LogP contribution >= 0.6 is 0 Å². The van der Waals surface area contributed by atoms with Crippen LogP contribution in [0, 0.1) is 0 Å². The Labute approximate surface area is 178 Å². The number of guanidine groups is 1. The first kappa shape index (κ1) is 21.1. The van der Waals surface area contributed by atoms with E-state index in [1.54, 1.807) is 7.05 Å². The number of nitrogens with zero attached hydrogens (tertiary/aromatic N) is 2. The smallest absolute Gasteiger partial charge is 0.253 e. The summed E-state index contributed by atoms with van der Waals surface area (Å²) < 4.78 is 17.2. The summed E-state index contributed by atoms with van der Waals surface area (Å²) in [5.41, 5.74) is 1.86. The van der Waals surface area contributed by atoms with Gasteiger partial charge >= 0.3 is 0 Å². The van der Waals surface area contributed by atoms with E-state index in [0.29, 0.717) is 19.8 Å². The predicted octanol–water partition coefficient (Wildman–Crippen LogP) is 1.76. The lowest BCUT2D eigenvalue weighted by Gasteiger charge is -2.37. The Bertz CT molecular complexity index is 744. The molecule has 164 valence electrons. The summed E-state index contributed by atoms with van der Waals surface area (Å²) in [5.74, 6) is 0.789. The van der Waals surface area contributed by atoms with Crippen molar-refractivity contribution >= 4 is 17.6 Å². The number of carbonyl (C=O) groups excluding carboxylic acids is 1. The first-order valence-corrected chi connectivity index (χ1v) is 10.9. The Hall–Kier alpha value is -2.16. The third-order valence-corrected chi connectivity index (χ3v) is 5.85. The zero-order chi connectivity index (χ0) is 20.8. The molecule has 0 saturated carbocycles. The van der Waals surface area contributed by atoms with Crippen LogP contribution in [0.1, 0.15) is 31.2 Å². The third-order valence-electron chi connectivity index (χ3n) is 5.85. The first-order valence-electron chi connectivity index (χ1n) is 10.9. The molecular weight excluding hydrogens is 384 g/mol. The second-order valence-electron chi connectivity index (χ2n) is 8.00. The van der Waals surface area contributed by atoms with E-state index in [2.05, 4.69) is 20.5 Å². The number of nitrogens with one attached hydrogen (secondary N) is 2. The van der Waals surface area contributed by atoms with E-state index in [-0.39, 0.29) is 24.2 Å². The van der Waals surface area contributed by atoms with Gasteiger partial charge in [0, 0.05) is 45.6 Å². The zero-order valence-corrected chi connectivity index (χ0v) is 17.6. The zero-order valence-electron chi connectivity index (χ0n) is 17.6. The summed E-state index contributed by atoms with van der Waals surface area (Å²) in [5, 5.41) is 6.41. The Kier molecular flexibility index (Phi) is 7.20. The Morgan fingerprint density at radius 2 is 1.97 bits per heavy atom. The van der Waals surface area contributed by atoms with Crippen molar-refractivity contribution in [3.8, 4) is 0 Å². The molecule has 3 heterocycles. The van der Waals surface area contributed by atoms with Crippen molar-refractivity contribution in [3.05, 3.63) is 29.8 Å². The van der Waals surface area contributed by atoms with Crippen LogP contribution in [0.15, 0.2) is 29.3 Å². The Balaban J connectivity index is 1.31. The molecule has 4 rings (SSSR count). The summed E-state index contributed by atoms with van der Waals surface area (Å²) in [6, 6.07) is 7.88. The minimum Gasteiger partial charge on any atom is -0.375 e. The monoisotopic (exact) mass is 416 g/mol. The maximum absolute atomic E-state index is 12.3. The van der Waals surface area contributed by atoms with E-state index in [0.717, 1.165) is 62.6 Å². The largest absolute Gasteiger partial charge is 0.375 e. The second-order valence-corrected chi connectivity index (χ2v) is 8.00. The third kappa shape index (κ3) is 5.30. The Morgan fingerprint density at radius 1 is 1.13 bits per heavy atom. The van der Waals surface area contributed by atoms with Crippen LogP contribution < -0.4 is 10.6 Å². The van der Waals surface area contributed by atoms with Gasteiger partial charge < -0.3 is 29.7 Å². The van der Waals surface area contributed by atoms with Crippen molar-refractivity contribution in [3.63, 3.8) is 0 Å². The van der Waals surface area contributed by atoms with Crippen LogP contribution in [-0.2, 0) is 25.5 Å². The minimum atomic E-state index is -0.330. The highest BCUT2D eigenvalue weighted by Gasteiger charge is 2.32. The number of morpholine rings is 1.